The van der Waals surface area contributed by atoms with Crippen LogP contribution in [-0.2, 0) is 0 Å². The Bertz CT molecular complexity index is 545. The summed E-state index contributed by atoms with van der Waals surface area (Å²) in [4.78, 5) is 0. The van der Waals surface area contributed by atoms with Crippen molar-refractivity contribution < 1.29 is 0 Å². The predicted octanol–water partition coefficient (Wildman–Crippen LogP) is 6.19. The first-order valence-electron chi connectivity index (χ1n) is 8.33. The van der Waals surface area contributed by atoms with Crippen LogP contribution in [0.3, 0.4) is 0 Å². The molecule has 0 aliphatic rings. The lowest BCUT2D eigenvalue weighted by Gasteiger charge is -2.06. The van der Waals surface area contributed by atoms with E-state index in [4.69, 9.17) is 0 Å². The van der Waals surface area contributed by atoms with Gasteiger partial charge in [0, 0.05) is 6.20 Å². The molecule has 0 radical (unpaired) electrons. The normalized spacial score (nSPS) is 9.77. The molecule has 0 fully saturated rings. The van der Waals surface area contributed by atoms with Crippen LogP contribution in [-0.4, -0.2) is 9.78 Å². The number of aryl methyl sites for hydroxylation is 3. The first-order valence-corrected chi connectivity index (χ1v) is 8.33. The van der Waals surface area contributed by atoms with Crippen LogP contribution in [0.25, 0.3) is 5.69 Å². The summed E-state index contributed by atoms with van der Waals surface area (Å²) >= 11 is 0. The Balaban J connectivity index is 0.000000470. The minimum atomic E-state index is 1.05. The van der Waals surface area contributed by atoms with Crippen LogP contribution in [0.4, 0.5) is 0 Å². The average Bonchev–Trinajstić information content (AvgIpc) is 2.94. The number of hydrogen-bond donors (Lipinski definition) is 0. The van der Waals surface area contributed by atoms with E-state index < -0.39 is 0 Å². The van der Waals surface area contributed by atoms with Gasteiger partial charge < -0.3 is 0 Å². The van der Waals surface area contributed by atoms with E-state index in [0.29, 0.717) is 0 Å². The Morgan fingerprint density at radius 3 is 1.95 bits per heavy atom. The predicted molar refractivity (Wildman–Crippen MR) is 98.8 cm³/mol. The summed E-state index contributed by atoms with van der Waals surface area (Å²) in [6, 6.07) is 8.40. The minimum absolute atomic E-state index is 1.05. The van der Waals surface area contributed by atoms with E-state index in [1.54, 1.807) is 0 Å². The van der Waals surface area contributed by atoms with Gasteiger partial charge >= 0.3 is 0 Å². The van der Waals surface area contributed by atoms with Crippen molar-refractivity contribution in [2.75, 3.05) is 0 Å². The van der Waals surface area contributed by atoms with Gasteiger partial charge in [-0.1, -0.05) is 57.5 Å². The molecule has 0 amide bonds. The van der Waals surface area contributed by atoms with E-state index in [9.17, 15) is 0 Å². The van der Waals surface area contributed by atoms with E-state index in [2.05, 4.69) is 63.1 Å². The van der Waals surface area contributed by atoms with Crippen LogP contribution in [0.5, 0.6) is 0 Å². The first kappa shape index (κ1) is 20.2. The molecule has 1 heterocycles. The molecule has 0 bridgehead atoms. The highest BCUT2D eigenvalue weighted by atomic mass is 15.3. The Kier molecular flexibility index (Phi) is 10.8. The lowest BCUT2D eigenvalue weighted by Crippen LogP contribution is -1.97. The molecular weight excluding hydrogens is 268 g/mol. The fourth-order valence-corrected chi connectivity index (χ4v) is 1.95. The highest BCUT2D eigenvalue weighted by Crippen LogP contribution is 2.14. The molecule has 0 N–H and O–H groups in total. The summed E-state index contributed by atoms with van der Waals surface area (Å²) in [5.74, 6) is 0. The second-order valence-corrected chi connectivity index (χ2v) is 4.98. The van der Waals surface area contributed by atoms with Gasteiger partial charge in [-0.2, -0.15) is 5.10 Å². The zero-order chi connectivity index (χ0) is 17.0. The third-order valence-electron chi connectivity index (χ3n) is 2.96. The van der Waals surface area contributed by atoms with E-state index in [1.807, 2.05) is 37.7 Å². The molecule has 0 spiro atoms. The van der Waals surface area contributed by atoms with Gasteiger partial charge in [-0.15, -0.1) is 0 Å². The SMILES string of the molecule is CC.CC/C=C/CC.Cc1ccc(-n2ccc(C)n2)c(C)c1. The van der Waals surface area contributed by atoms with Crippen LogP contribution >= 0.6 is 0 Å². The maximum Gasteiger partial charge on any atom is 0.0674 e. The third kappa shape index (κ3) is 7.26. The molecule has 0 aliphatic carbocycles. The summed E-state index contributed by atoms with van der Waals surface area (Å²) in [6.45, 7) is 14.5. The quantitative estimate of drug-likeness (QED) is 0.618. The van der Waals surface area contributed by atoms with Gasteiger partial charge in [-0.3, -0.25) is 0 Å². The Morgan fingerprint density at radius 1 is 0.955 bits per heavy atom. The van der Waals surface area contributed by atoms with Crippen LogP contribution < -0.4 is 0 Å². The smallest absolute Gasteiger partial charge is 0.0674 e. The number of benzene rings is 1. The highest BCUT2D eigenvalue weighted by Gasteiger charge is 2.01. The standard InChI is InChI=1S/C12H14N2.C6H12.C2H6/c1-9-4-5-12(10(2)8-9)14-7-6-11(3)13-14;1-3-5-6-4-2;1-2/h4-8H,1-3H3;5-6H,3-4H2,1-2H3;1-2H3/b;6-5+;. The zero-order valence-corrected chi connectivity index (χ0v) is 15.4. The van der Waals surface area contributed by atoms with E-state index in [0.717, 1.165) is 11.4 Å². The highest BCUT2D eigenvalue weighted by molar-refractivity contribution is 5.41. The van der Waals surface area contributed by atoms with Gasteiger partial charge in [0.1, 0.15) is 0 Å². The van der Waals surface area contributed by atoms with Crippen molar-refractivity contribution in [3.8, 4) is 5.69 Å². The van der Waals surface area contributed by atoms with Gasteiger partial charge in [0.05, 0.1) is 11.4 Å². The molecule has 2 heteroatoms. The fourth-order valence-electron chi connectivity index (χ4n) is 1.95. The maximum atomic E-state index is 4.39. The van der Waals surface area contributed by atoms with Crippen molar-refractivity contribution in [3.05, 3.63) is 59.4 Å². The Labute approximate surface area is 136 Å². The molecule has 0 atom stereocenters. The van der Waals surface area contributed by atoms with Crippen molar-refractivity contribution in [1.82, 2.24) is 9.78 Å². The molecule has 2 nitrogen and oxygen atoms in total. The third-order valence-corrected chi connectivity index (χ3v) is 2.96. The van der Waals surface area contributed by atoms with Gasteiger partial charge in [0.25, 0.3) is 0 Å². The molecule has 1 aromatic heterocycles. The van der Waals surface area contributed by atoms with Gasteiger partial charge in [0.15, 0.2) is 0 Å². The Hall–Kier alpha value is -1.83. The van der Waals surface area contributed by atoms with Crippen molar-refractivity contribution in [2.24, 2.45) is 0 Å². The molecule has 2 aromatic rings. The minimum Gasteiger partial charge on any atom is -0.240 e. The molecule has 22 heavy (non-hydrogen) atoms. The largest absolute Gasteiger partial charge is 0.240 e. The topological polar surface area (TPSA) is 17.8 Å². The molecule has 0 aliphatic heterocycles. The second kappa shape index (κ2) is 11.8. The van der Waals surface area contributed by atoms with E-state index in [1.165, 1.54) is 24.0 Å². The second-order valence-electron chi connectivity index (χ2n) is 4.98. The number of rotatable bonds is 3. The summed E-state index contributed by atoms with van der Waals surface area (Å²) in [5.41, 5.74) is 4.75. The van der Waals surface area contributed by atoms with Crippen LogP contribution in [0.2, 0.25) is 0 Å². The molecular formula is C20H32N2. The van der Waals surface area contributed by atoms with Gasteiger partial charge in [-0.25, -0.2) is 4.68 Å². The molecule has 122 valence electrons. The summed E-state index contributed by atoms with van der Waals surface area (Å²) in [6.07, 6.45) is 8.70. The number of allylic oxidation sites excluding steroid dienone is 2. The van der Waals surface area contributed by atoms with Crippen LogP contribution in [0.1, 0.15) is 57.4 Å². The summed E-state index contributed by atoms with van der Waals surface area (Å²) in [7, 11) is 0. The number of nitrogens with zero attached hydrogens (tertiary/aromatic N) is 2. The Morgan fingerprint density at radius 2 is 1.55 bits per heavy atom. The van der Waals surface area contributed by atoms with Crippen molar-refractivity contribution in [1.29, 1.82) is 0 Å². The fraction of sp³-hybridized carbons (Fsp3) is 0.450. The van der Waals surface area contributed by atoms with Crippen molar-refractivity contribution in [3.63, 3.8) is 0 Å². The molecule has 1 aromatic carbocycles. The van der Waals surface area contributed by atoms with E-state index in [-0.39, 0.29) is 0 Å². The van der Waals surface area contributed by atoms with Gasteiger partial charge in [-0.05, 0) is 51.3 Å². The summed E-state index contributed by atoms with van der Waals surface area (Å²) < 4.78 is 1.92. The van der Waals surface area contributed by atoms with Crippen LogP contribution in [0.15, 0.2) is 42.6 Å². The lowest BCUT2D eigenvalue weighted by molar-refractivity contribution is 0.855. The number of hydrogen-bond acceptors (Lipinski definition) is 1. The zero-order valence-electron chi connectivity index (χ0n) is 15.4. The van der Waals surface area contributed by atoms with Crippen molar-refractivity contribution in [2.45, 2.75) is 61.3 Å². The molecule has 0 saturated heterocycles. The summed E-state index contributed by atoms with van der Waals surface area (Å²) in [5, 5.41) is 4.39. The maximum absolute atomic E-state index is 4.39. The first-order chi connectivity index (χ1) is 10.6. The monoisotopic (exact) mass is 300 g/mol. The molecule has 0 unspecified atom stereocenters. The van der Waals surface area contributed by atoms with Crippen LogP contribution in [0, 0.1) is 20.8 Å². The molecule has 2 rings (SSSR count). The lowest BCUT2D eigenvalue weighted by atomic mass is 10.1. The van der Waals surface area contributed by atoms with E-state index >= 15 is 0 Å². The molecule has 0 saturated carbocycles. The average molecular weight is 300 g/mol. The van der Waals surface area contributed by atoms with Crippen molar-refractivity contribution >= 4 is 0 Å². The number of aromatic nitrogens is 2. The van der Waals surface area contributed by atoms with Gasteiger partial charge in [0.2, 0.25) is 0 Å².